The van der Waals surface area contributed by atoms with Gasteiger partial charge in [-0.25, -0.2) is 0 Å². The van der Waals surface area contributed by atoms with Crippen LogP contribution in [-0.2, 0) is 20.7 Å². The van der Waals surface area contributed by atoms with Crippen molar-refractivity contribution >= 4 is 11.9 Å². The first-order valence-corrected chi connectivity index (χ1v) is 8.80. The fraction of sp³-hybridized carbons (Fsp3) is 0.550. The molecular formula is C20H28N2O5. The zero-order valence-corrected chi connectivity index (χ0v) is 16.8. The normalized spacial score (nSPS) is 13.9. The summed E-state index contributed by atoms with van der Waals surface area (Å²) in [5.74, 6) is 0.127. The highest BCUT2D eigenvalue weighted by molar-refractivity contribution is 5.84. The summed E-state index contributed by atoms with van der Waals surface area (Å²) in [5, 5.41) is 11.9. The number of benzene rings is 1. The van der Waals surface area contributed by atoms with E-state index < -0.39 is 23.5 Å². The van der Waals surface area contributed by atoms with E-state index in [-0.39, 0.29) is 12.3 Å². The van der Waals surface area contributed by atoms with Crippen LogP contribution in [0.1, 0.15) is 39.7 Å². The quantitative estimate of drug-likeness (QED) is 0.665. The van der Waals surface area contributed by atoms with E-state index in [9.17, 15) is 14.9 Å². The Labute approximate surface area is 160 Å². The maximum Gasteiger partial charge on any atom is 0.306 e. The fourth-order valence-corrected chi connectivity index (χ4v) is 2.25. The van der Waals surface area contributed by atoms with Crippen LogP contribution in [0.5, 0.6) is 11.5 Å². The van der Waals surface area contributed by atoms with Gasteiger partial charge in [0.25, 0.3) is 5.91 Å². The van der Waals surface area contributed by atoms with Crippen molar-refractivity contribution < 1.29 is 23.8 Å². The van der Waals surface area contributed by atoms with Gasteiger partial charge < -0.3 is 19.5 Å². The number of carbonyl (C=O) groups is 2. The van der Waals surface area contributed by atoms with Crippen LogP contribution in [0.3, 0.4) is 0 Å². The first kappa shape index (κ1) is 22.3. The predicted octanol–water partition coefficient (Wildman–Crippen LogP) is 2.62. The molecule has 0 radical (unpaired) electrons. The zero-order chi connectivity index (χ0) is 20.6. The average molecular weight is 376 g/mol. The van der Waals surface area contributed by atoms with Gasteiger partial charge in [0.05, 0.1) is 20.3 Å². The van der Waals surface area contributed by atoms with Crippen LogP contribution in [0, 0.1) is 17.2 Å². The van der Waals surface area contributed by atoms with Crippen molar-refractivity contribution in [2.45, 2.75) is 52.2 Å². The van der Waals surface area contributed by atoms with E-state index in [0.717, 1.165) is 5.56 Å². The Balaban J connectivity index is 2.59. The number of hydrogen-bond donors (Lipinski definition) is 1. The minimum absolute atomic E-state index is 0.0839. The van der Waals surface area contributed by atoms with Crippen molar-refractivity contribution in [2.24, 2.45) is 5.92 Å². The predicted molar refractivity (Wildman–Crippen MR) is 100 cm³/mol. The van der Waals surface area contributed by atoms with E-state index in [0.29, 0.717) is 17.9 Å². The Morgan fingerprint density at radius 2 is 1.81 bits per heavy atom. The SMILES string of the molecule is COc1ccc(CCC(=O)OC(C)C(=O)NC(C)(C#N)C(C)C)cc1OC. The zero-order valence-electron chi connectivity index (χ0n) is 16.8. The highest BCUT2D eigenvalue weighted by Gasteiger charge is 2.32. The molecule has 0 saturated heterocycles. The maximum atomic E-state index is 12.2. The van der Waals surface area contributed by atoms with E-state index in [1.807, 2.05) is 19.9 Å². The highest BCUT2D eigenvalue weighted by Crippen LogP contribution is 2.28. The van der Waals surface area contributed by atoms with E-state index in [4.69, 9.17) is 14.2 Å². The van der Waals surface area contributed by atoms with Crippen molar-refractivity contribution in [3.63, 3.8) is 0 Å². The summed E-state index contributed by atoms with van der Waals surface area (Å²) in [4.78, 5) is 24.3. The van der Waals surface area contributed by atoms with Crippen molar-refractivity contribution in [1.82, 2.24) is 5.32 Å². The third-order valence-corrected chi connectivity index (χ3v) is 4.51. The number of carbonyl (C=O) groups excluding carboxylic acids is 2. The van der Waals surface area contributed by atoms with Gasteiger partial charge in [0.15, 0.2) is 17.6 Å². The lowest BCUT2D eigenvalue weighted by molar-refractivity contribution is -0.155. The third kappa shape index (κ3) is 6.17. The lowest BCUT2D eigenvalue weighted by atomic mass is 9.90. The molecule has 1 aromatic carbocycles. The van der Waals surface area contributed by atoms with Crippen LogP contribution >= 0.6 is 0 Å². The van der Waals surface area contributed by atoms with Gasteiger partial charge in [-0.2, -0.15) is 5.26 Å². The molecule has 0 saturated carbocycles. The summed E-state index contributed by atoms with van der Waals surface area (Å²) in [6.07, 6.45) is -0.420. The molecule has 1 amide bonds. The van der Waals surface area contributed by atoms with E-state index >= 15 is 0 Å². The van der Waals surface area contributed by atoms with Gasteiger partial charge in [-0.1, -0.05) is 19.9 Å². The Morgan fingerprint density at radius 1 is 1.19 bits per heavy atom. The second-order valence-electron chi connectivity index (χ2n) is 6.78. The second-order valence-corrected chi connectivity index (χ2v) is 6.78. The molecule has 148 valence electrons. The monoisotopic (exact) mass is 376 g/mol. The minimum Gasteiger partial charge on any atom is -0.493 e. The molecule has 2 atom stereocenters. The van der Waals surface area contributed by atoms with Gasteiger partial charge in [-0.05, 0) is 43.9 Å². The molecule has 0 aromatic heterocycles. The molecule has 7 nitrogen and oxygen atoms in total. The third-order valence-electron chi connectivity index (χ3n) is 4.51. The summed E-state index contributed by atoms with van der Waals surface area (Å²) in [6.45, 7) is 6.80. The standard InChI is InChI=1S/C20H28N2O5/c1-13(2)20(4,12-21)22-19(24)14(3)27-18(23)10-8-15-7-9-16(25-5)17(11-15)26-6/h7,9,11,13-14H,8,10H2,1-6H3,(H,22,24). The van der Waals surface area contributed by atoms with Crippen LogP contribution in [0.25, 0.3) is 0 Å². The van der Waals surface area contributed by atoms with Gasteiger partial charge in [0.2, 0.25) is 0 Å². The van der Waals surface area contributed by atoms with Gasteiger partial charge in [0, 0.05) is 6.42 Å². The Morgan fingerprint density at radius 3 is 2.33 bits per heavy atom. The topological polar surface area (TPSA) is 97.6 Å². The Bertz CT molecular complexity index is 711. The number of ether oxygens (including phenoxy) is 3. The number of esters is 1. The summed E-state index contributed by atoms with van der Waals surface area (Å²) in [5.41, 5.74) is -0.129. The number of nitrogens with one attached hydrogen (secondary N) is 1. The van der Waals surface area contributed by atoms with Gasteiger partial charge >= 0.3 is 5.97 Å². The molecule has 0 aliphatic carbocycles. The number of hydrogen-bond acceptors (Lipinski definition) is 6. The number of nitriles is 1. The molecule has 0 spiro atoms. The summed E-state index contributed by atoms with van der Waals surface area (Å²) >= 11 is 0. The molecule has 0 aliphatic rings. The molecule has 0 bridgehead atoms. The van der Waals surface area contributed by atoms with Crippen LogP contribution < -0.4 is 14.8 Å². The van der Waals surface area contributed by atoms with Crippen LogP contribution in [0.15, 0.2) is 18.2 Å². The Hall–Kier alpha value is -2.75. The van der Waals surface area contributed by atoms with E-state index in [2.05, 4.69) is 11.4 Å². The van der Waals surface area contributed by atoms with Crippen LogP contribution in [-0.4, -0.2) is 37.7 Å². The maximum absolute atomic E-state index is 12.2. The summed E-state index contributed by atoms with van der Waals surface area (Å²) < 4.78 is 15.6. The highest BCUT2D eigenvalue weighted by atomic mass is 16.5. The van der Waals surface area contributed by atoms with Gasteiger partial charge in [0.1, 0.15) is 5.54 Å². The smallest absolute Gasteiger partial charge is 0.306 e. The molecule has 0 aliphatic heterocycles. The molecule has 27 heavy (non-hydrogen) atoms. The number of nitrogens with zero attached hydrogens (tertiary/aromatic N) is 1. The Kier molecular flexibility index (Phi) is 8.10. The molecule has 0 heterocycles. The minimum atomic E-state index is -1.02. The van der Waals surface area contributed by atoms with Crippen LogP contribution in [0.2, 0.25) is 0 Å². The number of aryl methyl sites for hydroxylation is 1. The number of methoxy groups -OCH3 is 2. The molecular weight excluding hydrogens is 348 g/mol. The van der Waals surface area contributed by atoms with Crippen molar-refractivity contribution in [2.75, 3.05) is 14.2 Å². The van der Waals surface area contributed by atoms with Crippen molar-refractivity contribution in [3.8, 4) is 17.6 Å². The molecule has 1 N–H and O–H groups in total. The molecule has 0 fully saturated rings. The lowest BCUT2D eigenvalue weighted by Crippen LogP contribution is -2.52. The first-order chi connectivity index (χ1) is 12.7. The molecule has 1 aromatic rings. The molecule has 2 unspecified atom stereocenters. The largest absolute Gasteiger partial charge is 0.493 e. The van der Waals surface area contributed by atoms with Gasteiger partial charge in [-0.15, -0.1) is 0 Å². The van der Waals surface area contributed by atoms with Crippen molar-refractivity contribution in [3.05, 3.63) is 23.8 Å². The van der Waals surface area contributed by atoms with E-state index in [1.165, 1.54) is 6.92 Å². The van der Waals surface area contributed by atoms with Crippen LogP contribution in [0.4, 0.5) is 0 Å². The molecule has 7 heteroatoms. The summed E-state index contributed by atoms with van der Waals surface area (Å²) in [6, 6.07) is 7.49. The van der Waals surface area contributed by atoms with Gasteiger partial charge in [-0.3, -0.25) is 9.59 Å². The average Bonchev–Trinajstić information content (AvgIpc) is 2.65. The first-order valence-electron chi connectivity index (χ1n) is 8.80. The second kappa shape index (κ2) is 9.81. The summed E-state index contributed by atoms with van der Waals surface area (Å²) in [7, 11) is 3.10. The van der Waals surface area contributed by atoms with E-state index in [1.54, 1.807) is 33.3 Å². The van der Waals surface area contributed by atoms with Crippen molar-refractivity contribution in [1.29, 1.82) is 5.26 Å². The number of amides is 1. The molecule has 1 rings (SSSR count). The lowest BCUT2D eigenvalue weighted by Gasteiger charge is -2.28. The number of rotatable bonds is 9. The fourth-order valence-electron chi connectivity index (χ4n) is 2.25.